The fraction of sp³-hybridized carbons (Fsp3) is 0.125. The summed E-state index contributed by atoms with van der Waals surface area (Å²) in [6.07, 6.45) is -1.03. The van der Waals surface area contributed by atoms with Crippen molar-refractivity contribution >= 4 is 34.9 Å². The van der Waals surface area contributed by atoms with Crippen LogP contribution in [0.2, 0.25) is 5.02 Å². The molecule has 31 heavy (non-hydrogen) atoms. The van der Waals surface area contributed by atoms with E-state index in [1.807, 2.05) is 0 Å². The molecule has 0 aliphatic rings. The molecule has 7 heteroatoms. The van der Waals surface area contributed by atoms with Gasteiger partial charge in [-0.2, -0.15) is 0 Å². The Morgan fingerprint density at radius 2 is 1.61 bits per heavy atom. The second-order valence-corrected chi connectivity index (χ2v) is 7.09. The molecule has 1 amide bonds. The highest BCUT2D eigenvalue weighted by Gasteiger charge is 2.23. The number of hydrogen-bond acceptors (Lipinski definition) is 5. The summed E-state index contributed by atoms with van der Waals surface area (Å²) in [5.74, 6) is -0.992. The second-order valence-electron chi connectivity index (χ2n) is 6.65. The third kappa shape index (κ3) is 5.49. The van der Waals surface area contributed by atoms with Gasteiger partial charge in [0.2, 0.25) is 5.78 Å². The lowest BCUT2D eigenvalue weighted by Crippen LogP contribution is -2.25. The summed E-state index contributed by atoms with van der Waals surface area (Å²) in [5, 5.41) is 3.11. The van der Waals surface area contributed by atoms with E-state index >= 15 is 0 Å². The quantitative estimate of drug-likeness (QED) is 0.414. The Hall–Kier alpha value is -3.64. The van der Waals surface area contributed by atoms with E-state index < -0.39 is 18.0 Å². The van der Waals surface area contributed by atoms with E-state index in [2.05, 4.69) is 5.32 Å². The van der Waals surface area contributed by atoms with Crippen molar-refractivity contribution in [3.05, 3.63) is 94.5 Å². The summed E-state index contributed by atoms with van der Waals surface area (Å²) in [5.41, 5.74) is 1.10. The Balaban J connectivity index is 1.75. The SMILES string of the molecule is COc1cccc(C(=O)Nc2ccccc2C(=O)O[C@@H](C)C(=O)c2cccc(Cl)c2)c1. The van der Waals surface area contributed by atoms with E-state index in [4.69, 9.17) is 21.1 Å². The maximum atomic E-state index is 12.7. The highest BCUT2D eigenvalue weighted by Crippen LogP contribution is 2.21. The predicted octanol–water partition coefficient (Wildman–Crippen LogP) is 5.03. The van der Waals surface area contributed by atoms with Crippen LogP contribution >= 0.6 is 11.6 Å². The van der Waals surface area contributed by atoms with Crippen LogP contribution in [0.3, 0.4) is 0 Å². The lowest BCUT2D eigenvalue weighted by molar-refractivity contribution is 0.0320. The van der Waals surface area contributed by atoms with E-state index in [0.29, 0.717) is 21.9 Å². The summed E-state index contributed by atoms with van der Waals surface area (Å²) < 4.78 is 10.5. The van der Waals surface area contributed by atoms with Crippen molar-refractivity contribution in [2.75, 3.05) is 12.4 Å². The molecule has 1 N–H and O–H groups in total. The summed E-state index contributed by atoms with van der Waals surface area (Å²) in [4.78, 5) is 37.9. The second kappa shape index (κ2) is 9.91. The van der Waals surface area contributed by atoms with E-state index in [1.165, 1.54) is 26.2 Å². The first-order chi connectivity index (χ1) is 14.9. The molecule has 0 fully saturated rings. The Morgan fingerprint density at radius 1 is 0.903 bits per heavy atom. The van der Waals surface area contributed by atoms with Gasteiger partial charge in [0.05, 0.1) is 18.4 Å². The maximum absolute atomic E-state index is 12.7. The molecule has 158 valence electrons. The van der Waals surface area contributed by atoms with E-state index in [1.54, 1.807) is 60.7 Å². The standard InChI is InChI=1S/C24H20ClNO5/c1-15(22(27)16-7-5-9-18(25)13-16)31-24(29)20-11-3-4-12-21(20)26-23(28)17-8-6-10-19(14-17)30-2/h3-15H,1-2H3,(H,26,28)/t15-/m0/s1. The first-order valence-corrected chi connectivity index (χ1v) is 9.82. The fourth-order valence-corrected chi connectivity index (χ4v) is 3.07. The number of amides is 1. The molecule has 0 saturated carbocycles. The number of anilines is 1. The van der Waals surface area contributed by atoms with Gasteiger partial charge in [-0.1, -0.05) is 41.9 Å². The molecule has 6 nitrogen and oxygen atoms in total. The number of ether oxygens (including phenoxy) is 2. The van der Waals surface area contributed by atoms with Crippen molar-refractivity contribution in [2.45, 2.75) is 13.0 Å². The minimum absolute atomic E-state index is 0.129. The van der Waals surface area contributed by atoms with Crippen LogP contribution in [0.4, 0.5) is 5.69 Å². The predicted molar refractivity (Wildman–Crippen MR) is 118 cm³/mol. The van der Waals surface area contributed by atoms with Crippen LogP contribution in [0.15, 0.2) is 72.8 Å². The van der Waals surface area contributed by atoms with Crippen molar-refractivity contribution in [1.82, 2.24) is 0 Å². The minimum atomic E-state index is -1.03. The van der Waals surface area contributed by atoms with Crippen molar-refractivity contribution in [1.29, 1.82) is 0 Å². The molecule has 0 radical (unpaired) electrons. The van der Waals surface area contributed by atoms with Gasteiger partial charge in [-0.05, 0) is 49.4 Å². The van der Waals surface area contributed by atoms with Gasteiger partial charge >= 0.3 is 5.97 Å². The van der Waals surface area contributed by atoms with E-state index in [-0.39, 0.29) is 17.0 Å². The Kier molecular flexibility index (Phi) is 7.05. The molecule has 3 rings (SSSR count). The number of carbonyl (C=O) groups excluding carboxylic acids is 3. The van der Waals surface area contributed by atoms with Crippen LogP contribution in [0.25, 0.3) is 0 Å². The molecule has 0 bridgehead atoms. The highest BCUT2D eigenvalue weighted by molar-refractivity contribution is 6.31. The molecule has 0 aliphatic carbocycles. The largest absolute Gasteiger partial charge is 0.497 e. The van der Waals surface area contributed by atoms with Crippen LogP contribution < -0.4 is 10.1 Å². The van der Waals surface area contributed by atoms with Crippen LogP contribution in [-0.2, 0) is 4.74 Å². The van der Waals surface area contributed by atoms with Gasteiger partial charge in [-0.15, -0.1) is 0 Å². The van der Waals surface area contributed by atoms with Crippen LogP contribution in [0.5, 0.6) is 5.75 Å². The zero-order chi connectivity index (χ0) is 22.4. The molecule has 0 aliphatic heterocycles. The first-order valence-electron chi connectivity index (χ1n) is 9.44. The van der Waals surface area contributed by atoms with Crippen molar-refractivity contribution in [2.24, 2.45) is 0 Å². The van der Waals surface area contributed by atoms with Gasteiger partial charge < -0.3 is 14.8 Å². The molecule has 3 aromatic rings. The molecule has 0 saturated heterocycles. The number of halogens is 1. The molecule has 0 aromatic heterocycles. The summed E-state index contributed by atoms with van der Waals surface area (Å²) >= 11 is 5.93. The lowest BCUT2D eigenvalue weighted by atomic mass is 10.1. The molecule has 0 unspecified atom stereocenters. The monoisotopic (exact) mass is 437 g/mol. The van der Waals surface area contributed by atoms with Crippen LogP contribution in [0, 0.1) is 0 Å². The number of rotatable bonds is 7. The summed E-state index contributed by atoms with van der Waals surface area (Å²) in [6.45, 7) is 1.48. The fourth-order valence-electron chi connectivity index (χ4n) is 2.88. The number of Topliss-reactive ketones (excluding diaryl/α,β-unsaturated/α-hetero) is 1. The topological polar surface area (TPSA) is 81.7 Å². The van der Waals surface area contributed by atoms with Gasteiger partial charge in [-0.3, -0.25) is 9.59 Å². The maximum Gasteiger partial charge on any atom is 0.340 e. The normalized spacial score (nSPS) is 11.3. The van der Waals surface area contributed by atoms with Crippen molar-refractivity contribution < 1.29 is 23.9 Å². The van der Waals surface area contributed by atoms with Gasteiger partial charge in [0.25, 0.3) is 5.91 Å². The van der Waals surface area contributed by atoms with Crippen molar-refractivity contribution in [3.8, 4) is 5.75 Å². The third-order valence-corrected chi connectivity index (χ3v) is 4.72. The van der Waals surface area contributed by atoms with Gasteiger partial charge in [0, 0.05) is 16.1 Å². The molecular weight excluding hydrogens is 418 g/mol. The number of ketones is 1. The van der Waals surface area contributed by atoms with Gasteiger partial charge in [0.15, 0.2) is 6.10 Å². The number of nitrogens with one attached hydrogen (secondary N) is 1. The average Bonchev–Trinajstić information content (AvgIpc) is 2.78. The zero-order valence-corrected chi connectivity index (χ0v) is 17.7. The molecule has 3 aromatic carbocycles. The number of benzene rings is 3. The third-order valence-electron chi connectivity index (χ3n) is 4.49. The Labute approximate surface area is 184 Å². The molecule has 0 heterocycles. The van der Waals surface area contributed by atoms with Crippen molar-refractivity contribution in [3.63, 3.8) is 0 Å². The number of esters is 1. The number of carbonyl (C=O) groups is 3. The van der Waals surface area contributed by atoms with Crippen LogP contribution in [0.1, 0.15) is 38.0 Å². The van der Waals surface area contributed by atoms with Gasteiger partial charge in [0.1, 0.15) is 5.75 Å². The number of para-hydroxylation sites is 1. The minimum Gasteiger partial charge on any atom is -0.497 e. The first kappa shape index (κ1) is 22.1. The summed E-state index contributed by atoms with van der Waals surface area (Å²) in [7, 11) is 1.51. The molecular formula is C24H20ClNO5. The smallest absolute Gasteiger partial charge is 0.340 e. The van der Waals surface area contributed by atoms with E-state index in [9.17, 15) is 14.4 Å². The summed E-state index contributed by atoms with van der Waals surface area (Å²) in [6, 6.07) is 19.4. The highest BCUT2D eigenvalue weighted by atomic mass is 35.5. The lowest BCUT2D eigenvalue weighted by Gasteiger charge is -2.15. The molecule has 1 atom stereocenters. The Morgan fingerprint density at radius 3 is 2.35 bits per heavy atom. The average molecular weight is 438 g/mol. The van der Waals surface area contributed by atoms with Gasteiger partial charge in [-0.25, -0.2) is 4.79 Å². The number of hydrogen-bond donors (Lipinski definition) is 1. The Bertz CT molecular complexity index is 1130. The zero-order valence-electron chi connectivity index (χ0n) is 16.9. The molecule has 0 spiro atoms. The van der Waals surface area contributed by atoms with E-state index in [0.717, 1.165) is 0 Å². The number of methoxy groups -OCH3 is 1. The van der Waals surface area contributed by atoms with Crippen LogP contribution in [-0.4, -0.2) is 30.9 Å².